The number of aromatic nitrogens is 6. The van der Waals surface area contributed by atoms with Gasteiger partial charge in [-0.2, -0.15) is 5.10 Å². The minimum absolute atomic E-state index is 0.0302. The topological polar surface area (TPSA) is 425 Å². The number of H-pyrrole nitrogens is 1. The molecule has 0 spiro atoms. The van der Waals surface area contributed by atoms with Crippen LogP contribution in [-0.2, 0) is 110 Å². The van der Waals surface area contributed by atoms with Crippen molar-refractivity contribution in [1.29, 1.82) is 0 Å². The van der Waals surface area contributed by atoms with Crippen LogP contribution in [0.5, 0.6) is 0 Å². The molecule has 1 aliphatic carbocycles. The lowest BCUT2D eigenvalue weighted by Gasteiger charge is -2.43. The second-order valence-electron chi connectivity index (χ2n) is 34.5. The molecule has 0 radical (unpaired) electrons. The van der Waals surface area contributed by atoms with Crippen molar-refractivity contribution in [2.45, 2.75) is 212 Å². The van der Waals surface area contributed by atoms with E-state index in [1.54, 1.807) is 47.3 Å². The number of amides is 3. The highest BCUT2D eigenvalue weighted by molar-refractivity contribution is 6.39. The summed E-state index contributed by atoms with van der Waals surface area (Å²) in [6.45, 7) is 20.3. The highest BCUT2D eigenvalue weighted by Crippen LogP contribution is 2.40. The molecule has 4 aromatic heterocycles. The minimum Gasteiger partial charge on any atom is -0.460 e. The van der Waals surface area contributed by atoms with Gasteiger partial charge in [0.2, 0.25) is 11.7 Å². The molecule has 4 aliphatic heterocycles. The Bertz CT molecular complexity index is 4460. The number of pyridine rings is 1. The van der Waals surface area contributed by atoms with E-state index in [0.29, 0.717) is 204 Å². The molecule has 8 heterocycles. The van der Waals surface area contributed by atoms with Gasteiger partial charge in [-0.15, -0.1) is 0 Å². The van der Waals surface area contributed by atoms with Crippen LogP contribution < -0.4 is 11.1 Å². The van der Waals surface area contributed by atoms with E-state index >= 15 is 0 Å². The first-order chi connectivity index (χ1) is 61.9. The zero-order chi connectivity index (χ0) is 91.5. The van der Waals surface area contributed by atoms with Gasteiger partial charge in [-0.3, -0.25) is 19.2 Å². The number of carbonyl (C=O) groups is 5. The van der Waals surface area contributed by atoms with Crippen molar-refractivity contribution in [2.24, 2.45) is 40.7 Å². The molecule has 1 aromatic carbocycles. The van der Waals surface area contributed by atoms with Gasteiger partial charge in [0.05, 0.1) is 160 Å². The second-order valence-corrected chi connectivity index (χ2v) is 34.5. The lowest BCUT2D eigenvalue weighted by Crippen LogP contribution is -2.61. The van der Waals surface area contributed by atoms with Gasteiger partial charge in [0, 0.05) is 101 Å². The number of fused-ring (bicyclic) bond motifs is 6. The summed E-state index contributed by atoms with van der Waals surface area (Å²) in [6, 6.07) is 9.18. The third kappa shape index (κ3) is 30.1. The van der Waals surface area contributed by atoms with E-state index in [1.165, 1.54) is 23.9 Å². The van der Waals surface area contributed by atoms with Gasteiger partial charge in [-0.05, 0) is 142 Å². The third-order valence-corrected chi connectivity index (χ3v) is 24.9. The molecule has 3 fully saturated rings. The molecular weight excluding hydrogens is 1650 g/mol. The smallest absolute Gasteiger partial charge is 0.329 e. The molecule has 34 nitrogen and oxygen atoms in total. The number of ether oxygens (including phenoxy) is 13. The monoisotopic (exact) mass is 1790 g/mol. The Kier molecular flexibility index (Phi) is 41.8. The summed E-state index contributed by atoms with van der Waals surface area (Å²) in [5.41, 5.74) is 14.3. The number of anilines is 1. The van der Waals surface area contributed by atoms with Gasteiger partial charge in [-0.1, -0.05) is 94.4 Å². The molecule has 2 saturated heterocycles. The maximum absolute atomic E-state index is 14.7. The van der Waals surface area contributed by atoms with E-state index in [0.717, 1.165) is 39.7 Å². The molecule has 34 heteroatoms. The number of carbonyl (C=O) groups excluding carboxylic acids is 5. The number of ketones is 1. The van der Waals surface area contributed by atoms with E-state index in [9.17, 15) is 44.4 Å². The summed E-state index contributed by atoms with van der Waals surface area (Å²) in [5.74, 6) is -7.41. The number of allylic oxidation sites excluding steroid dienone is 5. The number of oxime groups is 1. The largest absolute Gasteiger partial charge is 0.460 e. The summed E-state index contributed by atoms with van der Waals surface area (Å²) in [7, 11) is 4.60. The van der Waals surface area contributed by atoms with E-state index in [2.05, 4.69) is 48.6 Å². The molecule has 10 rings (SSSR count). The zero-order valence-electron chi connectivity index (χ0n) is 76.4. The fourth-order valence-corrected chi connectivity index (χ4v) is 17.4. The van der Waals surface area contributed by atoms with E-state index in [1.807, 2.05) is 86.0 Å². The summed E-state index contributed by atoms with van der Waals surface area (Å²) in [5, 5.41) is 61.1. The number of aliphatic hydroxyl groups excluding tert-OH is 3. The van der Waals surface area contributed by atoms with Crippen LogP contribution in [-0.4, -0.2) is 309 Å². The summed E-state index contributed by atoms with van der Waals surface area (Å²) >= 11 is 0. The highest BCUT2D eigenvalue weighted by Gasteiger charge is 2.53. The normalized spacial score (nSPS) is 27.1. The Balaban J connectivity index is 0.581. The van der Waals surface area contributed by atoms with Crippen LogP contribution in [0.25, 0.3) is 33.3 Å². The van der Waals surface area contributed by atoms with Crippen LogP contribution in [0.1, 0.15) is 149 Å². The van der Waals surface area contributed by atoms with Crippen molar-refractivity contribution < 1.29 is 111 Å². The zero-order valence-corrected chi connectivity index (χ0v) is 76.4. The van der Waals surface area contributed by atoms with Crippen LogP contribution in [0.4, 0.5) is 5.82 Å². The Morgan fingerprint density at radius 2 is 1.41 bits per heavy atom. The third-order valence-electron chi connectivity index (χ3n) is 24.9. The molecule has 5 aliphatic rings. The molecular formula is C94H139N11O23. The van der Waals surface area contributed by atoms with Crippen LogP contribution in [0.15, 0.2) is 102 Å². The quantitative estimate of drug-likeness (QED) is 0.00639. The Morgan fingerprint density at radius 3 is 2.09 bits per heavy atom. The minimum atomic E-state index is -2.46. The van der Waals surface area contributed by atoms with Crippen LogP contribution in [0.3, 0.4) is 0 Å². The number of nitrogens with one attached hydrogen (secondary N) is 2. The SMILES string of the molecule is CO[C@H]1C[C@@H]2CC[C@@H](C)[C@@](O)(O2)C(=O)C(=O)N2CCCC[C@H]2C(=O)O[C@H]([C@H](C)C[C@@H]2CC[C@@H](O)[C@H](OC)C2)C[C@@H](O)[C@H](C)/C=C(\C)[C@@H](O)[C@@H](OC)C(=NOCC(=O)NCCOCCOCCOCCOCCOCCOCCOCCOCCC(=O)N2CCc3cc(Cn4nc(-c5cnc6[nH]ccc6c5)c5c(N)ncnc54)ccc3C2)[C@H](C)C[C@H](C)/C=C/C=CC=C1C. The maximum atomic E-state index is 14.7. The van der Waals surface area contributed by atoms with E-state index < -0.39 is 96.6 Å². The number of methoxy groups -OCH3 is 3. The fourth-order valence-electron chi connectivity index (χ4n) is 17.4. The molecule has 128 heavy (non-hydrogen) atoms. The first-order valence-electron chi connectivity index (χ1n) is 45.5. The number of hydrogen-bond donors (Lipinski definition) is 7. The number of nitrogens with zero attached hydrogens (tertiary/aromatic N) is 8. The number of nitrogen functional groups attached to an aromatic ring is 1. The fraction of sp³-hybridized carbons (Fsp3) is 0.660. The number of aromatic amines is 1. The standard InChI is InChI=1S/C94H139N11O23/c1-61-16-12-11-13-17-62(2)78(115-8)54-74-23-19-67(7)94(114,128-74)88(111)92(112)104-30-15-14-18-75(104)93(113)127-79(64(4)50-68-21-24-76(106)80(52-68)116-9)55-77(107)63(3)49-66(6)86(110)87(117-10)84(65(5)48-61)102-126-59-81(108)96-29-33-119-35-37-121-39-41-123-43-45-125-47-46-124-44-42-122-40-38-120-36-34-118-32-27-82(109)103-31-26-70-51-69(20-22-72(70)58-103)57-105-91-83(89(95)99-60-100-91)85(101-105)73-53-71-25-28-97-90(71)98-56-73/h11-13,16-17,20,22,25,28,49,51,53,56,60-61,63-65,67-68,74-80,86-87,106-107,110,114H,14-15,18-19,21,23-24,26-27,29-48,50,52,54-55,57-59H2,1-10H3,(H,96,108)(H,97,98)(H2,95,99,100)/b13-11?,16-12+,62-17?,66-49+,102-84?/t61-,63-,64-,65-,67-,68+,74+,75+,76-,77-,78+,79+,80-,86-,87+,94-/m1/s1. The van der Waals surface area contributed by atoms with Gasteiger partial charge in [0.1, 0.15) is 47.8 Å². The molecule has 16 atom stereocenters. The van der Waals surface area contributed by atoms with Gasteiger partial charge in [-0.25, -0.2) is 24.4 Å². The molecule has 8 N–H and O–H groups in total. The maximum Gasteiger partial charge on any atom is 0.329 e. The van der Waals surface area contributed by atoms with Crippen LogP contribution in [0, 0.1) is 35.5 Å². The molecule has 3 amide bonds. The van der Waals surface area contributed by atoms with E-state index in [-0.39, 0.29) is 87.7 Å². The van der Waals surface area contributed by atoms with E-state index in [4.69, 9.17) is 77.2 Å². The number of rotatable bonds is 39. The molecule has 2 bridgehead atoms. The number of esters is 1. The van der Waals surface area contributed by atoms with Crippen LogP contribution in [0.2, 0.25) is 0 Å². The summed E-state index contributed by atoms with van der Waals surface area (Å²) in [4.78, 5) is 95.4. The lowest BCUT2D eigenvalue weighted by molar-refractivity contribution is -0.265. The predicted molar refractivity (Wildman–Crippen MR) is 478 cm³/mol. The summed E-state index contributed by atoms with van der Waals surface area (Å²) in [6.07, 6.45) is 16.4. The predicted octanol–water partition coefficient (Wildman–Crippen LogP) is 8.31. The average molecular weight is 1790 g/mol. The first-order valence-corrected chi connectivity index (χ1v) is 45.5. The van der Waals surface area contributed by atoms with Gasteiger partial charge in [0.15, 0.2) is 12.3 Å². The first kappa shape index (κ1) is 102. The second kappa shape index (κ2) is 52.6. The molecule has 1 saturated carbocycles. The Hall–Kier alpha value is -8.40. The lowest BCUT2D eigenvalue weighted by atomic mass is 9.78. The number of cyclic esters (lactones) is 1. The Morgan fingerprint density at radius 1 is 0.727 bits per heavy atom. The van der Waals surface area contributed by atoms with Gasteiger partial charge in [0.25, 0.3) is 17.6 Å². The van der Waals surface area contributed by atoms with Gasteiger partial charge >= 0.3 is 5.97 Å². The van der Waals surface area contributed by atoms with Crippen LogP contribution >= 0.6 is 0 Å². The number of hydrogen-bond acceptors (Lipinski definition) is 29. The number of piperidine rings is 1. The Labute approximate surface area is 751 Å². The van der Waals surface area contributed by atoms with Crippen molar-refractivity contribution in [2.75, 3.05) is 159 Å². The average Bonchev–Trinajstić information content (AvgIpc) is 1.71. The van der Waals surface area contributed by atoms with Gasteiger partial charge < -0.3 is 113 Å². The number of nitrogens with two attached hydrogens (primary N) is 1. The van der Waals surface area contributed by atoms with Crippen molar-refractivity contribution in [3.8, 4) is 11.3 Å². The molecule has 708 valence electrons. The highest BCUT2D eigenvalue weighted by atomic mass is 16.6. The van der Waals surface area contributed by atoms with Crippen molar-refractivity contribution in [3.63, 3.8) is 0 Å². The number of aliphatic hydroxyl groups is 4. The molecule has 5 aromatic rings. The summed E-state index contributed by atoms with van der Waals surface area (Å²) < 4.78 is 77.3. The van der Waals surface area contributed by atoms with Crippen molar-refractivity contribution >= 4 is 63.1 Å². The number of Topliss-reactive ketones (excluding diaryl/α,β-unsaturated/α-hetero) is 1. The molecule has 0 unspecified atom stereocenters. The van der Waals surface area contributed by atoms with Crippen molar-refractivity contribution in [3.05, 3.63) is 113 Å². The van der Waals surface area contributed by atoms with Crippen molar-refractivity contribution in [1.82, 2.24) is 44.8 Å². The number of benzene rings is 1.